The van der Waals surface area contributed by atoms with Crippen molar-refractivity contribution in [2.75, 3.05) is 6.61 Å². The third-order valence-corrected chi connectivity index (χ3v) is 12.8. The Labute approximate surface area is 324 Å². The predicted molar refractivity (Wildman–Crippen MR) is 231 cm³/mol. The first-order valence-corrected chi connectivity index (χ1v) is 19.6. The average Bonchev–Trinajstić information content (AvgIpc) is 3.92. The molecular formula is C53H34N2O. The van der Waals surface area contributed by atoms with Crippen molar-refractivity contribution in [3.63, 3.8) is 0 Å². The van der Waals surface area contributed by atoms with E-state index in [-0.39, 0.29) is 5.41 Å². The maximum Gasteiger partial charge on any atom is 0.129 e. The summed E-state index contributed by atoms with van der Waals surface area (Å²) in [7, 11) is 0. The molecule has 4 aliphatic rings. The van der Waals surface area contributed by atoms with Crippen LogP contribution in [0.3, 0.4) is 0 Å². The normalized spacial score (nSPS) is 17.1. The van der Waals surface area contributed by atoms with Gasteiger partial charge in [0, 0.05) is 38.7 Å². The van der Waals surface area contributed by atoms with Gasteiger partial charge in [0.25, 0.3) is 0 Å². The highest BCUT2D eigenvalue weighted by atomic mass is 16.5. The number of rotatable bonds is 4. The molecule has 0 saturated carbocycles. The van der Waals surface area contributed by atoms with E-state index in [1.807, 2.05) is 0 Å². The summed E-state index contributed by atoms with van der Waals surface area (Å²) in [5.41, 5.74) is 19.9. The summed E-state index contributed by atoms with van der Waals surface area (Å²) in [4.78, 5) is 0. The van der Waals surface area contributed by atoms with Crippen molar-refractivity contribution in [1.82, 2.24) is 9.13 Å². The van der Waals surface area contributed by atoms with Gasteiger partial charge in [-0.25, -0.2) is 0 Å². The van der Waals surface area contributed by atoms with Gasteiger partial charge in [0.05, 0.1) is 27.7 Å². The molecule has 0 bridgehead atoms. The van der Waals surface area contributed by atoms with E-state index in [4.69, 9.17) is 4.74 Å². The predicted octanol–water partition coefficient (Wildman–Crippen LogP) is 13.1. The summed E-state index contributed by atoms with van der Waals surface area (Å²) in [5, 5.41) is 3.78. The molecular weight excluding hydrogens is 681 g/mol. The van der Waals surface area contributed by atoms with Crippen molar-refractivity contribution in [2.24, 2.45) is 0 Å². The number of hydrogen-bond acceptors (Lipinski definition) is 1. The Kier molecular flexibility index (Phi) is 5.94. The lowest BCUT2D eigenvalue weighted by Crippen LogP contribution is -2.34. The minimum absolute atomic E-state index is 0.168. The molecule has 9 aromatic rings. The van der Waals surface area contributed by atoms with Gasteiger partial charge in [-0.3, -0.25) is 0 Å². The number of fused-ring (bicyclic) bond motifs is 7. The molecule has 4 heterocycles. The Morgan fingerprint density at radius 1 is 0.500 bits per heavy atom. The number of hydrogen-bond donors (Lipinski definition) is 0. The second-order valence-corrected chi connectivity index (χ2v) is 15.7. The van der Waals surface area contributed by atoms with Crippen LogP contribution in [-0.2, 0) is 5.41 Å². The zero-order valence-electron chi connectivity index (χ0n) is 30.5. The first-order chi connectivity index (χ1) is 27.7. The van der Waals surface area contributed by atoms with Crippen LogP contribution >= 0.6 is 0 Å². The van der Waals surface area contributed by atoms with Gasteiger partial charge >= 0.3 is 0 Å². The van der Waals surface area contributed by atoms with Crippen molar-refractivity contribution in [3.05, 3.63) is 198 Å². The van der Waals surface area contributed by atoms with E-state index in [2.05, 4.69) is 191 Å². The second-order valence-electron chi connectivity index (χ2n) is 15.7. The lowest BCUT2D eigenvalue weighted by atomic mass is 9.67. The standard InChI is InChI=1S/C53H34N2O/c1-3-10-33(11-4-1)35-14-7-15-40(28-35)54-45-23-20-36(34-12-5-2-6-13-34)29-43(45)41-22-19-38(31-48(41)54)37-21-24-46-44(30-37)42-16-9-26-53-27-25-39-32-56-49-18-8-17-47(50(49)51(39)53)55(46)52(42)53/h1-25,27-31H,26,32H2. The van der Waals surface area contributed by atoms with Gasteiger partial charge in [-0.05, 0) is 106 Å². The molecule has 3 nitrogen and oxygen atoms in total. The summed E-state index contributed by atoms with van der Waals surface area (Å²) in [6.45, 7) is 0.636. The van der Waals surface area contributed by atoms with E-state index in [0.29, 0.717) is 6.61 Å². The van der Waals surface area contributed by atoms with Gasteiger partial charge in [0.15, 0.2) is 0 Å². The fourth-order valence-electron chi connectivity index (χ4n) is 10.4. The smallest absolute Gasteiger partial charge is 0.129 e. The van der Waals surface area contributed by atoms with Crippen molar-refractivity contribution in [3.8, 4) is 50.5 Å². The Bertz CT molecular complexity index is 3260. The van der Waals surface area contributed by atoms with Crippen molar-refractivity contribution >= 4 is 44.4 Å². The zero-order chi connectivity index (χ0) is 36.5. The molecule has 0 saturated heterocycles. The lowest BCUT2D eigenvalue weighted by Gasteiger charge is -2.42. The number of benzene rings is 7. The molecule has 1 spiro atoms. The summed E-state index contributed by atoms with van der Waals surface area (Å²) >= 11 is 0. The van der Waals surface area contributed by atoms with Crippen LogP contribution in [0, 0.1) is 0 Å². The Hall–Kier alpha value is -7.10. The van der Waals surface area contributed by atoms with E-state index >= 15 is 0 Å². The molecule has 0 N–H and O–H groups in total. The summed E-state index contributed by atoms with van der Waals surface area (Å²) < 4.78 is 11.3. The van der Waals surface area contributed by atoms with Gasteiger partial charge < -0.3 is 13.9 Å². The van der Waals surface area contributed by atoms with Gasteiger partial charge in [-0.1, -0.05) is 127 Å². The summed E-state index contributed by atoms with van der Waals surface area (Å²) in [6.07, 6.45) is 10.5. The minimum atomic E-state index is -0.168. The maximum absolute atomic E-state index is 6.33. The molecule has 0 fully saturated rings. The van der Waals surface area contributed by atoms with Gasteiger partial charge in [-0.15, -0.1) is 0 Å². The van der Waals surface area contributed by atoms with Crippen molar-refractivity contribution in [2.45, 2.75) is 11.8 Å². The molecule has 262 valence electrons. The Morgan fingerprint density at radius 2 is 1.18 bits per heavy atom. The summed E-state index contributed by atoms with van der Waals surface area (Å²) in [6, 6.07) is 58.0. The third-order valence-electron chi connectivity index (χ3n) is 12.8. The van der Waals surface area contributed by atoms with Crippen LogP contribution in [-0.4, -0.2) is 15.7 Å². The molecule has 1 atom stereocenters. The topological polar surface area (TPSA) is 19.1 Å². The van der Waals surface area contributed by atoms with Crippen LogP contribution in [0.25, 0.3) is 89.1 Å². The van der Waals surface area contributed by atoms with Crippen LogP contribution in [0.5, 0.6) is 5.75 Å². The van der Waals surface area contributed by atoms with Crippen molar-refractivity contribution < 1.29 is 4.74 Å². The fourth-order valence-corrected chi connectivity index (χ4v) is 10.4. The van der Waals surface area contributed by atoms with Crippen LogP contribution in [0.2, 0.25) is 0 Å². The maximum atomic E-state index is 6.33. The fraction of sp³-hybridized carbons (Fsp3) is 0.0566. The molecule has 2 aliphatic heterocycles. The van der Waals surface area contributed by atoms with E-state index in [9.17, 15) is 0 Å². The highest BCUT2D eigenvalue weighted by molar-refractivity contribution is 6.12. The third kappa shape index (κ3) is 3.96. The zero-order valence-corrected chi connectivity index (χ0v) is 30.5. The van der Waals surface area contributed by atoms with E-state index < -0.39 is 0 Å². The Balaban J connectivity index is 1.03. The highest BCUT2D eigenvalue weighted by Crippen LogP contribution is 2.61. The molecule has 7 aromatic carbocycles. The molecule has 2 aromatic heterocycles. The largest absolute Gasteiger partial charge is 0.488 e. The molecule has 3 heteroatoms. The van der Waals surface area contributed by atoms with Crippen LogP contribution < -0.4 is 4.74 Å². The van der Waals surface area contributed by atoms with Crippen LogP contribution in [0.4, 0.5) is 0 Å². The van der Waals surface area contributed by atoms with Gasteiger partial charge in [0.2, 0.25) is 0 Å². The quantitative estimate of drug-likeness (QED) is 0.178. The number of nitrogens with zero attached hydrogens (tertiary/aromatic N) is 2. The van der Waals surface area contributed by atoms with Crippen molar-refractivity contribution in [1.29, 1.82) is 0 Å². The first-order valence-electron chi connectivity index (χ1n) is 19.6. The van der Waals surface area contributed by atoms with Gasteiger partial charge in [-0.2, -0.15) is 0 Å². The number of allylic oxidation sites excluding steroid dienone is 3. The number of ether oxygens (including phenoxy) is 1. The molecule has 0 amide bonds. The molecule has 1 unspecified atom stereocenters. The Morgan fingerprint density at radius 3 is 2.00 bits per heavy atom. The van der Waals surface area contributed by atoms with E-state index in [1.165, 1.54) is 99.7 Å². The van der Waals surface area contributed by atoms with Crippen LogP contribution in [0.15, 0.2) is 182 Å². The van der Waals surface area contributed by atoms with Crippen LogP contribution in [0.1, 0.15) is 23.2 Å². The summed E-state index contributed by atoms with van der Waals surface area (Å²) in [5.74, 6) is 0.999. The monoisotopic (exact) mass is 714 g/mol. The first kappa shape index (κ1) is 30.3. The minimum Gasteiger partial charge on any atom is -0.488 e. The SMILES string of the molecule is C1=Cc2c3n(c4ccc(-c5ccc6c7cc(-c8ccccc8)ccc7n(-c7cccc(-c8ccccc8)c7)c6c5)cc24)-c2cccc4c2C2=C(C=CC23C1)CO4. The van der Waals surface area contributed by atoms with E-state index in [0.717, 1.165) is 17.9 Å². The lowest BCUT2D eigenvalue weighted by molar-refractivity contribution is 0.347. The second kappa shape index (κ2) is 11.0. The molecule has 13 rings (SSSR count). The molecule has 0 radical (unpaired) electrons. The molecule has 2 aliphatic carbocycles. The average molecular weight is 715 g/mol. The number of aromatic nitrogens is 2. The van der Waals surface area contributed by atoms with E-state index in [1.54, 1.807) is 0 Å². The molecule has 56 heavy (non-hydrogen) atoms. The highest BCUT2D eigenvalue weighted by Gasteiger charge is 2.50. The van der Waals surface area contributed by atoms with Gasteiger partial charge in [0.1, 0.15) is 12.4 Å².